The van der Waals surface area contributed by atoms with Crippen LogP contribution in [-0.4, -0.2) is 13.1 Å². The van der Waals surface area contributed by atoms with E-state index in [1.54, 1.807) is 12.1 Å². The number of halogens is 1. The average Bonchev–Trinajstić information content (AvgIpc) is 3.05. The molecule has 1 N–H and O–H groups in total. The zero-order valence-electron chi connectivity index (χ0n) is 9.17. The minimum absolute atomic E-state index is 0.0953. The number of hydrogen-bond acceptors (Lipinski definition) is 2. The molecule has 0 aromatic heterocycles. The largest absolute Gasteiger partial charge is 0.315 e. The normalized spacial score (nSPS) is 16.8. The lowest BCUT2D eigenvalue weighted by atomic mass is 10.1. The van der Waals surface area contributed by atoms with Crippen molar-refractivity contribution in [3.8, 4) is 6.07 Å². The van der Waals surface area contributed by atoms with Crippen molar-refractivity contribution in [1.82, 2.24) is 5.32 Å². The maximum Gasteiger partial charge on any atom is 0.123 e. The molecule has 0 bridgehead atoms. The quantitative estimate of drug-likeness (QED) is 0.769. The summed E-state index contributed by atoms with van der Waals surface area (Å²) in [6, 6.07) is 8.99. The summed E-state index contributed by atoms with van der Waals surface area (Å²) in [5, 5.41) is 12.1. The summed E-state index contributed by atoms with van der Waals surface area (Å²) in [6.45, 7) is 1.56. The Morgan fingerprint density at radius 2 is 2.25 bits per heavy atom. The topological polar surface area (TPSA) is 35.8 Å². The van der Waals surface area contributed by atoms with Crippen molar-refractivity contribution in [3.05, 3.63) is 35.6 Å². The fourth-order valence-corrected chi connectivity index (χ4v) is 1.73. The molecule has 0 saturated heterocycles. The van der Waals surface area contributed by atoms with Gasteiger partial charge in [-0.15, -0.1) is 0 Å². The minimum Gasteiger partial charge on any atom is -0.315 e. The predicted molar refractivity (Wildman–Crippen MR) is 60.3 cm³/mol. The summed E-state index contributed by atoms with van der Waals surface area (Å²) in [7, 11) is 0. The van der Waals surface area contributed by atoms with Gasteiger partial charge >= 0.3 is 0 Å². The Labute approximate surface area is 95.1 Å². The fraction of sp³-hybridized carbons (Fsp3) is 0.462. The van der Waals surface area contributed by atoms with Gasteiger partial charge in [-0.1, -0.05) is 12.1 Å². The van der Waals surface area contributed by atoms with E-state index in [1.807, 2.05) is 6.07 Å². The van der Waals surface area contributed by atoms with Crippen LogP contribution in [0.3, 0.4) is 0 Å². The first-order valence-corrected chi connectivity index (χ1v) is 5.61. The molecule has 0 atom stereocenters. The molecule has 2 nitrogen and oxygen atoms in total. The summed E-state index contributed by atoms with van der Waals surface area (Å²) in [5.41, 5.74) is 0.899. The highest BCUT2D eigenvalue weighted by atomic mass is 19.1. The first-order chi connectivity index (χ1) is 7.74. The predicted octanol–water partition coefficient (Wildman–Crippen LogP) is 2.26. The van der Waals surface area contributed by atoms with Crippen molar-refractivity contribution >= 4 is 0 Å². The molecule has 1 aliphatic carbocycles. The number of nitrogens with zero attached hydrogens (tertiary/aromatic N) is 1. The van der Waals surface area contributed by atoms with Gasteiger partial charge in [0, 0.05) is 6.54 Å². The molecule has 1 aliphatic rings. The van der Waals surface area contributed by atoms with Crippen LogP contribution < -0.4 is 5.32 Å². The lowest BCUT2D eigenvalue weighted by molar-refractivity contribution is 0.559. The van der Waals surface area contributed by atoms with Gasteiger partial charge in [-0.2, -0.15) is 5.26 Å². The first kappa shape index (κ1) is 11.1. The second-order valence-electron chi connectivity index (χ2n) is 4.45. The van der Waals surface area contributed by atoms with Gasteiger partial charge < -0.3 is 5.32 Å². The van der Waals surface area contributed by atoms with Gasteiger partial charge in [-0.25, -0.2) is 4.39 Å². The molecule has 0 spiro atoms. The summed E-state index contributed by atoms with van der Waals surface area (Å²) >= 11 is 0. The lowest BCUT2D eigenvalue weighted by Gasteiger charge is -2.07. The fourth-order valence-electron chi connectivity index (χ4n) is 1.73. The maximum atomic E-state index is 12.9. The third kappa shape index (κ3) is 2.80. The molecule has 84 valence electrons. The molecule has 0 heterocycles. The third-order valence-corrected chi connectivity index (χ3v) is 3.03. The summed E-state index contributed by atoms with van der Waals surface area (Å²) in [5.74, 6) is -0.187. The third-order valence-electron chi connectivity index (χ3n) is 3.03. The molecule has 0 aliphatic heterocycles. The molecule has 2 rings (SSSR count). The number of nitrogens with one attached hydrogen (secondary N) is 1. The zero-order valence-corrected chi connectivity index (χ0v) is 9.17. The van der Waals surface area contributed by atoms with Gasteiger partial charge in [-0.05, 0) is 43.5 Å². The standard InChI is InChI=1S/C13H15FN2/c14-12-3-1-2-11(8-12)4-7-16-10-13(9-15)5-6-13/h1-3,8,16H,4-7,10H2. The molecular formula is C13H15FN2. The molecule has 1 fully saturated rings. The van der Waals surface area contributed by atoms with E-state index in [4.69, 9.17) is 5.26 Å². The summed E-state index contributed by atoms with van der Waals surface area (Å²) in [6.07, 6.45) is 2.83. The number of hydrogen-bond donors (Lipinski definition) is 1. The van der Waals surface area contributed by atoms with E-state index in [1.165, 1.54) is 6.07 Å². The Kier molecular flexibility index (Phi) is 3.21. The zero-order chi connectivity index (χ0) is 11.4. The van der Waals surface area contributed by atoms with Crippen molar-refractivity contribution in [2.45, 2.75) is 19.3 Å². The highest BCUT2D eigenvalue weighted by Gasteiger charge is 2.42. The second kappa shape index (κ2) is 4.63. The Hall–Kier alpha value is -1.40. The minimum atomic E-state index is -0.187. The van der Waals surface area contributed by atoms with Gasteiger partial charge in [0.25, 0.3) is 0 Å². The van der Waals surface area contributed by atoms with Crippen molar-refractivity contribution < 1.29 is 4.39 Å². The smallest absolute Gasteiger partial charge is 0.123 e. The van der Waals surface area contributed by atoms with Crippen LogP contribution in [0.25, 0.3) is 0 Å². The van der Waals surface area contributed by atoms with Gasteiger partial charge in [0.1, 0.15) is 5.82 Å². The highest BCUT2D eigenvalue weighted by molar-refractivity contribution is 5.16. The molecular weight excluding hydrogens is 203 g/mol. The van der Waals surface area contributed by atoms with Crippen LogP contribution in [0.2, 0.25) is 0 Å². The first-order valence-electron chi connectivity index (χ1n) is 5.61. The molecule has 0 amide bonds. The van der Waals surface area contributed by atoms with Crippen molar-refractivity contribution in [2.75, 3.05) is 13.1 Å². The van der Waals surface area contributed by atoms with Crippen LogP contribution in [0.5, 0.6) is 0 Å². The van der Waals surface area contributed by atoms with E-state index >= 15 is 0 Å². The number of rotatable bonds is 5. The number of benzene rings is 1. The van der Waals surface area contributed by atoms with Crippen LogP contribution in [0.1, 0.15) is 18.4 Å². The molecule has 3 heteroatoms. The van der Waals surface area contributed by atoms with Crippen LogP contribution in [0, 0.1) is 22.6 Å². The summed E-state index contributed by atoms with van der Waals surface area (Å²) in [4.78, 5) is 0. The van der Waals surface area contributed by atoms with Crippen LogP contribution in [-0.2, 0) is 6.42 Å². The van der Waals surface area contributed by atoms with Gasteiger partial charge in [0.15, 0.2) is 0 Å². The Morgan fingerprint density at radius 1 is 1.44 bits per heavy atom. The van der Waals surface area contributed by atoms with Crippen molar-refractivity contribution in [2.24, 2.45) is 5.41 Å². The molecule has 1 aromatic rings. The van der Waals surface area contributed by atoms with E-state index in [9.17, 15) is 4.39 Å². The van der Waals surface area contributed by atoms with E-state index < -0.39 is 0 Å². The number of nitriles is 1. The van der Waals surface area contributed by atoms with E-state index in [-0.39, 0.29) is 11.2 Å². The van der Waals surface area contributed by atoms with E-state index in [0.29, 0.717) is 0 Å². The van der Waals surface area contributed by atoms with Crippen LogP contribution in [0.4, 0.5) is 4.39 Å². The Morgan fingerprint density at radius 3 is 2.88 bits per heavy atom. The highest BCUT2D eigenvalue weighted by Crippen LogP contribution is 2.43. The average molecular weight is 218 g/mol. The van der Waals surface area contributed by atoms with Crippen LogP contribution >= 0.6 is 0 Å². The Bertz CT molecular complexity index is 405. The van der Waals surface area contributed by atoms with Gasteiger partial charge in [0.05, 0.1) is 11.5 Å². The van der Waals surface area contributed by atoms with Gasteiger partial charge in [0.2, 0.25) is 0 Å². The molecule has 16 heavy (non-hydrogen) atoms. The van der Waals surface area contributed by atoms with E-state index in [0.717, 1.165) is 37.9 Å². The molecule has 0 unspecified atom stereocenters. The monoisotopic (exact) mass is 218 g/mol. The second-order valence-corrected chi connectivity index (χ2v) is 4.45. The van der Waals surface area contributed by atoms with Crippen LogP contribution in [0.15, 0.2) is 24.3 Å². The SMILES string of the molecule is N#CC1(CNCCc2cccc(F)c2)CC1. The summed E-state index contributed by atoms with van der Waals surface area (Å²) < 4.78 is 12.9. The van der Waals surface area contributed by atoms with E-state index in [2.05, 4.69) is 11.4 Å². The molecule has 1 saturated carbocycles. The van der Waals surface area contributed by atoms with Crippen molar-refractivity contribution in [3.63, 3.8) is 0 Å². The molecule has 1 aromatic carbocycles. The lowest BCUT2D eigenvalue weighted by Crippen LogP contribution is -2.25. The van der Waals surface area contributed by atoms with Gasteiger partial charge in [-0.3, -0.25) is 0 Å². The van der Waals surface area contributed by atoms with Crippen molar-refractivity contribution in [1.29, 1.82) is 5.26 Å². The Balaban J connectivity index is 1.71. The maximum absolute atomic E-state index is 12.9. The molecule has 0 radical (unpaired) electrons.